The molecule has 1 aromatic rings. The molecule has 0 radical (unpaired) electrons. The number of nitrogens with one attached hydrogen (secondary N) is 1. The number of pyridine rings is 1. The van der Waals surface area contributed by atoms with Gasteiger partial charge in [0.05, 0.1) is 12.5 Å². The van der Waals surface area contributed by atoms with Crippen molar-refractivity contribution in [3.63, 3.8) is 0 Å². The van der Waals surface area contributed by atoms with Crippen LogP contribution in [0, 0.1) is 5.41 Å². The molecule has 0 saturated carbocycles. The molecule has 1 heterocycles. The summed E-state index contributed by atoms with van der Waals surface area (Å²) >= 11 is 0. The highest BCUT2D eigenvalue weighted by Gasteiger charge is 2.27. The lowest BCUT2D eigenvalue weighted by molar-refractivity contribution is -0.150. The minimum Gasteiger partial charge on any atom is -0.469 e. The van der Waals surface area contributed by atoms with Gasteiger partial charge in [-0.3, -0.25) is 9.78 Å². The second-order valence-electron chi connectivity index (χ2n) is 4.66. The zero-order valence-electron chi connectivity index (χ0n) is 10.7. The van der Waals surface area contributed by atoms with E-state index in [4.69, 9.17) is 4.74 Å². The van der Waals surface area contributed by atoms with Gasteiger partial charge < -0.3 is 10.1 Å². The lowest BCUT2D eigenvalue weighted by Gasteiger charge is -2.21. The second kappa shape index (κ2) is 6.35. The summed E-state index contributed by atoms with van der Waals surface area (Å²) in [4.78, 5) is 15.5. The maximum absolute atomic E-state index is 11.4. The minimum atomic E-state index is -0.482. The van der Waals surface area contributed by atoms with Gasteiger partial charge in [0.25, 0.3) is 0 Å². The molecule has 4 heteroatoms. The van der Waals surface area contributed by atoms with Gasteiger partial charge in [0.1, 0.15) is 0 Å². The maximum Gasteiger partial charge on any atom is 0.312 e. The van der Waals surface area contributed by atoms with E-state index in [0.717, 1.165) is 13.0 Å². The Morgan fingerprint density at radius 3 is 2.88 bits per heavy atom. The molecular weight excluding hydrogens is 216 g/mol. The molecule has 0 aliphatic rings. The van der Waals surface area contributed by atoms with Crippen molar-refractivity contribution in [3.05, 3.63) is 30.1 Å². The first-order chi connectivity index (χ1) is 8.06. The van der Waals surface area contributed by atoms with Crippen LogP contribution in [0.2, 0.25) is 0 Å². The fraction of sp³-hybridized carbons (Fsp3) is 0.538. The molecule has 0 amide bonds. The van der Waals surface area contributed by atoms with Gasteiger partial charge in [0.2, 0.25) is 0 Å². The van der Waals surface area contributed by atoms with E-state index in [1.54, 1.807) is 6.20 Å². The molecule has 0 unspecified atom stereocenters. The van der Waals surface area contributed by atoms with Crippen LogP contribution in [0.25, 0.3) is 0 Å². The van der Waals surface area contributed by atoms with E-state index in [-0.39, 0.29) is 5.97 Å². The summed E-state index contributed by atoms with van der Waals surface area (Å²) in [6.07, 6.45) is 4.52. The Bertz CT molecular complexity index is 350. The molecule has 0 aliphatic heterocycles. The lowest BCUT2D eigenvalue weighted by atomic mass is 9.94. The van der Waals surface area contributed by atoms with Gasteiger partial charge in [-0.1, -0.05) is 6.07 Å². The molecule has 0 aromatic carbocycles. The Hall–Kier alpha value is -1.42. The number of hydrogen-bond acceptors (Lipinski definition) is 4. The van der Waals surface area contributed by atoms with Gasteiger partial charge in [-0.15, -0.1) is 0 Å². The van der Waals surface area contributed by atoms with Gasteiger partial charge >= 0.3 is 5.97 Å². The highest BCUT2D eigenvalue weighted by atomic mass is 16.5. The van der Waals surface area contributed by atoms with E-state index in [1.165, 1.54) is 12.7 Å². The van der Waals surface area contributed by atoms with E-state index in [2.05, 4.69) is 10.3 Å². The van der Waals surface area contributed by atoms with Gasteiger partial charge in [-0.2, -0.15) is 0 Å². The van der Waals surface area contributed by atoms with Crippen molar-refractivity contribution >= 4 is 5.97 Å². The van der Waals surface area contributed by atoms with E-state index < -0.39 is 5.41 Å². The largest absolute Gasteiger partial charge is 0.469 e. The number of ether oxygens (including phenoxy) is 1. The number of carbonyl (C=O) groups excluding carboxylic acids is 1. The molecule has 0 saturated heterocycles. The van der Waals surface area contributed by atoms with E-state index in [1.807, 2.05) is 32.2 Å². The topological polar surface area (TPSA) is 51.2 Å². The summed E-state index contributed by atoms with van der Waals surface area (Å²) in [7, 11) is 1.42. The zero-order valence-corrected chi connectivity index (χ0v) is 10.7. The third kappa shape index (κ3) is 4.53. The van der Waals surface area contributed by atoms with Crippen molar-refractivity contribution in [2.45, 2.75) is 20.3 Å². The van der Waals surface area contributed by atoms with Crippen molar-refractivity contribution < 1.29 is 9.53 Å². The smallest absolute Gasteiger partial charge is 0.312 e. The number of methoxy groups -OCH3 is 1. The Kier molecular flexibility index (Phi) is 5.10. The van der Waals surface area contributed by atoms with Crippen LogP contribution in [0.3, 0.4) is 0 Å². The SMILES string of the molecule is COC(=O)C(C)(C)CNCCc1cccnc1. The molecule has 17 heavy (non-hydrogen) atoms. The lowest BCUT2D eigenvalue weighted by Crippen LogP contribution is -2.37. The average Bonchev–Trinajstić information content (AvgIpc) is 2.35. The molecule has 4 nitrogen and oxygen atoms in total. The molecular formula is C13H20N2O2. The predicted molar refractivity (Wildman–Crippen MR) is 66.6 cm³/mol. The number of rotatable bonds is 6. The zero-order chi connectivity index (χ0) is 12.7. The first-order valence-corrected chi connectivity index (χ1v) is 5.74. The Labute approximate surface area is 102 Å². The van der Waals surface area contributed by atoms with Crippen molar-refractivity contribution in [2.24, 2.45) is 5.41 Å². The standard InChI is InChI=1S/C13H20N2O2/c1-13(2,12(16)17-3)10-15-8-6-11-5-4-7-14-9-11/h4-5,7,9,15H,6,8,10H2,1-3H3. The second-order valence-corrected chi connectivity index (χ2v) is 4.66. The molecule has 1 rings (SSSR count). The average molecular weight is 236 g/mol. The molecule has 0 spiro atoms. The summed E-state index contributed by atoms with van der Waals surface area (Å²) in [5, 5.41) is 3.26. The number of hydrogen-bond donors (Lipinski definition) is 1. The van der Waals surface area contributed by atoms with E-state index >= 15 is 0 Å². The quantitative estimate of drug-likeness (QED) is 0.599. The molecule has 0 aliphatic carbocycles. The van der Waals surface area contributed by atoms with Crippen molar-refractivity contribution in [1.82, 2.24) is 10.3 Å². The summed E-state index contributed by atoms with van der Waals surface area (Å²) < 4.78 is 4.74. The fourth-order valence-corrected chi connectivity index (χ4v) is 1.53. The Morgan fingerprint density at radius 1 is 1.53 bits per heavy atom. The monoisotopic (exact) mass is 236 g/mol. The minimum absolute atomic E-state index is 0.189. The fourth-order valence-electron chi connectivity index (χ4n) is 1.53. The van der Waals surface area contributed by atoms with Crippen LogP contribution in [0.4, 0.5) is 0 Å². The molecule has 0 fully saturated rings. The van der Waals surface area contributed by atoms with E-state index in [0.29, 0.717) is 6.54 Å². The molecule has 94 valence electrons. The van der Waals surface area contributed by atoms with E-state index in [9.17, 15) is 4.79 Å². The first kappa shape index (κ1) is 13.6. The van der Waals surface area contributed by atoms with Gasteiger partial charge in [-0.05, 0) is 38.4 Å². The van der Waals surface area contributed by atoms with Crippen molar-refractivity contribution in [1.29, 1.82) is 0 Å². The van der Waals surface area contributed by atoms with Crippen LogP contribution >= 0.6 is 0 Å². The van der Waals surface area contributed by atoms with Crippen LogP contribution < -0.4 is 5.32 Å². The summed E-state index contributed by atoms with van der Waals surface area (Å²) in [5.74, 6) is -0.189. The summed E-state index contributed by atoms with van der Waals surface area (Å²) in [6, 6.07) is 3.97. The van der Waals surface area contributed by atoms with Crippen LogP contribution in [0.15, 0.2) is 24.5 Å². The molecule has 0 atom stereocenters. The van der Waals surface area contributed by atoms with Crippen LogP contribution in [-0.2, 0) is 16.0 Å². The maximum atomic E-state index is 11.4. The third-order valence-electron chi connectivity index (χ3n) is 2.62. The van der Waals surface area contributed by atoms with Crippen molar-refractivity contribution in [2.75, 3.05) is 20.2 Å². The highest BCUT2D eigenvalue weighted by Crippen LogP contribution is 2.15. The Balaban J connectivity index is 2.27. The van der Waals surface area contributed by atoms with Crippen LogP contribution in [0.1, 0.15) is 19.4 Å². The molecule has 0 bridgehead atoms. The highest BCUT2D eigenvalue weighted by molar-refractivity contribution is 5.76. The van der Waals surface area contributed by atoms with Crippen LogP contribution in [-0.4, -0.2) is 31.2 Å². The number of aromatic nitrogens is 1. The number of nitrogens with zero attached hydrogens (tertiary/aromatic N) is 1. The summed E-state index contributed by atoms with van der Waals surface area (Å²) in [6.45, 7) is 5.18. The van der Waals surface area contributed by atoms with Gasteiger partial charge in [0, 0.05) is 18.9 Å². The summed E-state index contributed by atoms with van der Waals surface area (Å²) in [5.41, 5.74) is 0.708. The van der Waals surface area contributed by atoms with Crippen LogP contribution in [0.5, 0.6) is 0 Å². The third-order valence-corrected chi connectivity index (χ3v) is 2.62. The Morgan fingerprint density at radius 2 is 2.29 bits per heavy atom. The molecule has 1 N–H and O–H groups in total. The first-order valence-electron chi connectivity index (χ1n) is 5.74. The number of carbonyl (C=O) groups is 1. The van der Waals surface area contributed by atoms with Gasteiger partial charge in [0.15, 0.2) is 0 Å². The van der Waals surface area contributed by atoms with Gasteiger partial charge in [-0.25, -0.2) is 0 Å². The van der Waals surface area contributed by atoms with Crippen molar-refractivity contribution in [3.8, 4) is 0 Å². The predicted octanol–water partition coefficient (Wildman–Crippen LogP) is 1.41. The molecule has 1 aromatic heterocycles. The number of esters is 1. The normalized spacial score (nSPS) is 11.2.